The zero-order chi connectivity index (χ0) is 23.6. The Morgan fingerprint density at radius 3 is 1.70 bits per heavy atom. The monoisotopic (exact) mass is 470 g/mol. The molecule has 0 unspecified atom stereocenters. The molecule has 8 nitrogen and oxygen atoms in total. The van der Waals surface area contributed by atoms with Gasteiger partial charge in [-0.3, -0.25) is 9.59 Å². The fourth-order valence-corrected chi connectivity index (χ4v) is 3.07. The molecule has 3 rings (SSSR count). The molecule has 3 aromatic rings. The van der Waals surface area contributed by atoms with Crippen LogP contribution in [0.25, 0.3) is 0 Å². The molecule has 0 fully saturated rings. The average molecular weight is 471 g/mol. The molecule has 3 aromatic carbocycles. The van der Waals surface area contributed by atoms with Gasteiger partial charge in [0.25, 0.3) is 11.8 Å². The minimum absolute atomic E-state index is 0.212. The zero-order valence-electron chi connectivity index (χ0n) is 18.1. The summed E-state index contributed by atoms with van der Waals surface area (Å²) < 4.78 is 21.4. The number of benzene rings is 3. The van der Waals surface area contributed by atoms with Gasteiger partial charge in [-0.05, 0) is 42.5 Å². The molecule has 0 heterocycles. The molecule has 0 aromatic heterocycles. The van der Waals surface area contributed by atoms with Crippen LogP contribution in [0.15, 0.2) is 66.7 Å². The quantitative estimate of drug-likeness (QED) is 0.456. The van der Waals surface area contributed by atoms with Crippen LogP contribution < -0.4 is 29.6 Å². The maximum Gasteiger partial charge on any atom is 0.262 e. The van der Waals surface area contributed by atoms with Crippen LogP contribution in [0.2, 0.25) is 5.02 Å². The highest BCUT2D eigenvalue weighted by atomic mass is 35.5. The van der Waals surface area contributed by atoms with E-state index in [1.165, 1.54) is 20.3 Å². The van der Waals surface area contributed by atoms with E-state index >= 15 is 0 Å². The summed E-state index contributed by atoms with van der Waals surface area (Å²) in [6, 6.07) is 18.8. The number of anilines is 2. The average Bonchev–Trinajstić information content (AvgIpc) is 2.83. The number of carbonyl (C=O) groups is 2. The van der Waals surface area contributed by atoms with Crippen LogP contribution in [0, 0.1) is 0 Å². The van der Waals surface area contributed by atoms with Crippen molar-refractivity contribution in [2.75, 3.05) is 38.1 Å². The van der Waals surface area contributed by atoms with E-state index in [1.807, 2.05) is 0 Å². The van der Waals surface area contributed by atoms with Gasteiger partial charge >= 0.3 is 0 Å². The largest absolute Gasteiger partial charge is 0.493 e. The third-order valence-electron chi connectivity index (χ3n) is 4.38. The van der Waals surface area contributed by atoms with Crippen LogP contribution in [-0.4, -0.2) is 39.2 Å². The fourth-order valence-electron chi connectivity index (χ4n) is 2.84. The van der Waals surface area contributed by atoms with Crippen molar-refractivity contribution in [3.8, 4) is 23.0 Å². The molecule has 2 N–H and O–H groups in total. The summed E-state index contributed by atoms with van der Waals surface area (Å²) in [4.78, 5) is 24.5. The minimum atomic E-state index is -0.398. The van der Waals surface area contributed by atoms with E-state index in [0.29, 0.717) is 34.4 Å². The number of methoxy groups -OCH3 is 2. The molecule has 172 valence electrons. The third-order valence-corrected chi connectivity index (χ3v) is 4.70. The van der Waals surface area contributed by atoms with Gasteiger partial charge in [0.2, 0.25) is 0 Å². The minimum Gasteiger partial charge on any atom is -0.493 e. The smallest absolute Gasteiger partial charge is 0.262 e. The van der Waals surface area contributed by atoms with E-state index < -0.39 is 5.91 Å². The van der Waals surface area contributed by atoms with Crippen molar-refractivity contribution in [1.82, 2.24) is 0 Å². The van der Waals surface area contributed by atoms with Gasteiger partial charge < -0.3 is 29.6 Å². The van der Waals surface area contributed by atoms with Crippen LogP contribution in [0.1, 0.15) is 0 Å². The first-order valence-electron chi connectivity index (χ1n) is 9.91. The Bertz CT molecular complexity index is 1120. The third kappa shape index (κ3) is 6.78. The first-order chi connectivity index (χ1) is 16.0. The lowest BCUT2D eigenvalue weighted by Gasteiger charge is -2.13. The van der Waals surface area contributed by atoms with E-state index in [-0.39, 0.29) is 24.1 Å². The highest BCUT2D eigenvalue weighted by molar-refractivity contribution is 6.34. The second-order valence-electron chi connectivity index (χ2n) is 6.67. The molecule has 0 atom stereocenters. The number of amides is 2. The molecule has 0 saturated carbocycles. The molecular weight excluding hydrogens is 448 g/mol. The van der Waals surface area contributed by atoms with E-state index in [4.69, 9.17) is 30.5 Å². The molecule has 0 bridgehead atoms. The standard InChI is InChI=1S/C24H23ClN2O6/c1-30-19-7-3-5-9-21(19)32-14-23(28)26-16-11-12-18(17(25)13-16)27-24(29)15-33-22-10-6-4-8-20(22)31-2/h3-13H,14-15H2,1-2H3,(H,26,28)(H,27,29). The van der Waals surface area contributed by atoms with Gasteiger partial charge in [0.1, 0.15) is 0 Å². The fraction of sp³-hybridized carbons (Fsp3) is 0.167. The van der Waals surface area contributed by atoms with Crippen molar-refractivity contribution in [3.63, 3.8) is 0 Å². The van der Waals surface area contributed by atoms with Crippen molar-refractivity contribution in [2.24, 2.45) is 0 Å². The molecule has 0 radical (unpaired) electrons. The Morgan fingerprint density at radius 2 is 1.21 bits per heavy atom. The summed E-state index contributed by atoms with van der Waals surface area (Å²) in [5.41, 5.74) is 0.838. The SMILES string of the molecule is COc1ccccc1OCC(=O)Nc1ccc(NC(=O)COc2ccccc2OC)c(Cl)c1. The van der Waals surface area contributed by atoms with Crippen LogP contribution in [0.5, 0.6) is 23.0 Å². The molecular formula is C24H23ClN2O6. The van der Waals surface area contributed by atoms with Gasteiger partial charge in [0.15, 0.2) is 36.2 Å². The maximum atomic E-state index is 12.2. The molecule has 0 aliphatic rings. The molecule has 0 aliphatic heterocycles. The zero-order valence-corrected chi connectivity index (χ0v) is 18.8. The van der Waals surface area contributed by atoms with Gasteiger partial charge in [-0.2, -0.15) is 0 Å². The van der Waals surface area contributed by atoms with Crippen molar-refractivity contribution >= 4 is 34.8 Å². The molecule has 33 heavy (non-hydrogen) atoms. The Morgan fingerprint density at radius 1 is 0.727 bits per heavy atom. The Hall–Kier alpha value is -3.91. The summed E-state index contributed by atoms with van der Waals surface area (Å²) in [6.45, 7) is -0.438. The number of carbonyl (C=O) groups excluding carboxylic acids is 2. The Labute approximate surface area is 196 Å². The van der Waals surface area contributed by atoms with Crippen LogP contribution in [0.3, 0.4) is 0 Å². The number of para-hydroxylation sites is 4. The van der Waals surface area contributed by atoms with Crippen molar-refractivity contribution in [3.05, 3.63) is 71.8 Å². The Balaban J connectivity index is 1.51. The number of nitrogens with one attached hydrogen (secondary N) is 2. The van der Waals surface area contributed by atoms with Crippen molar-refractivity contribution in [2.45, 2.75) is 0 Å². The van der Waals surface area contributed by atoms with E-state index in [1.54, 1.807) is 60.7 Å². The maximum absolute atomic E-state index is 12.2. The number of halogens is 1. The van der Waals surface area contributed by atoms with Crippen molar-refractivity contribution in [1.29, 1.82) is 0 Å². The highest BCUT2D eigenvalue weighted by Gasteiger charge is 2.11. The number of rotatable bonds is 10. The predicted octanol–water partition coefficient (Wildman–Crippen LogP) is 4.39. The van der Waals surface area contributed by atoms with Gasteiger partial charge in [0, 0.05) is 5.69 Å². The normalized spacial score (nSPS) is 10.2. The summed E-state index contributed by atoms with van der Waals surface area (Å²) in [5, 5.41) is 5.61. The Kier molecular flexibility index (Phi) is 8.37. The lowest BCUT2D eigenvalue weighted by molar-refractivity contribution is -0.118. The molecule has 9 heteroatoms. The van der Waals surface area contributed by atoms with Gasteiger partial charge in [-0.25, -0.2) is 0 Å². The first-order valence-corrected chi connectivity index (χ1v) is 10.3. The second-order valence-corrected chi connectivity index (χ2v) is 7.08. The van der Waals surface area contributed by atoms with Gasteiger partial charge in [0.05, 0.1) is 24.9 Å². The summed E-state index contributed by atoms with van der Waals surface area (Å²) in [5.74, 6) is 1.20. The number of hydrogen-bond acceptors (Lipinski definition) is 6. The van der Waals surface area contributed by atoms with E-state index in [0.717, 1.165) is 0 Å². The molecule has 2 amide bonds. The molecule has 0 spiro atoms. The van der Waals surface area contributed by atoms with Crippen LogP contribution in [-0.2, 0) is 9.59 Å². The first kappa shape index (κ1) is 23.7. The van der Waals surface area contributed by atoms with Gasteiger partial charge in [-0.1, -0.05) is 35.9 Å². The lowest BCUT2D eigenvalue weighted by atomic mass is 10.2. The summed E-state index contributed by atoms with van der Waals surface area (Å²) in [7, 11) is 3.04. The van der Waals surface area contributed by atoms with Crippen LogP contribution >= 0.6 is 11.6 Å². The number of hydrogen-bond donors (Lipinski definition) is 2. The van der Waals surface area contributed by atoms with E-state index in [2.05, 4.69) is 10.6 Å². The van der Waals surface area contributed by atoms with Gasteiger partial charge in [-0.15, -0.1) is 0 Å². The molecule has 0 saturated heterocycles. The topological polar surface area (TPSA) is 95.1 Å². The predicted molar refractivity (Wildman–Crippen MR) is 126 cm³/mol. The van der Waals surface area contributed by atoms with E-state index in [9.17, 15) is 9.59 Å². The van der Waals surface area contributed by atoms with Crippen molar-refractivity contribution < 1.29 is 28.5 Å². The summed E-state index contributed by atoms with van der Waals surface area (Å²) >= 11 is 6.26. The summed E-state index contributed by atoms with van der Waals surface area (Å²) in [6.07, 6.45) is 0. The lowest BCUT2D eigenvalue weighted by Crippen LogP contribution is -2.21. The van der Waals surface area contributed by atoms with Crippen LogP contribution in [0.4, 0.5) is 11.4 Å². The number of ether oxygens (including phenoxy) is 4. The second kappa shape index (κ2) is 11.6. The molecule has 0 aliphatic carbocycles. The highest BCUT2D eigenvalue weighted by Crippen LogP contribution is 2.28.